The predicted octanol–water partition coefficient (Wildman–Crippen LogP) is 1.68. The molecule has 0 saturated carbocycles. The molecule has 0 radical (unpaired) electrons. The zero-order valence-corrected chi connectivity index (χ0v) is 19.6. The fraction of sp³-hybridized carbons (Fsp3) is 0.625. The van der Waals surface area contributed by atoms with E-state index in [4.69, 9.17) is 19.3 Å². The van der Waals surface area contributed by atoms with Crippen LogP contribution in [0.2, 0.25) is 0 Å². The second-order valence-electron chi connectivity index (χ2n) is 8.51. The van der Waals surface area contributed by atoms with Crippen LogP contribution in [0, 0.1) is 0 Å². The highest BCUT2D eigenvalue weighted by Gasteiger charge is 2.35. The number of carbonyl (C=O) groups is 3. The summed E-state index contributed by atoms with van der Waals surface area (Å²) in [6.07, 6.45) is -3.01. The first-order valence-electron chi connectivity index (χ1n) is 11.6. The molecule has 0 spiro atoms. The van der Waals surface area contributed by atoms with Crippen LogP contribution in [0.3, 0.4) is 0 Å². The summed E-state index contributed by atoms with van der Waals surface area (Å²) in [4.78, 5) is 34.9. The molecule has 0 aromatic heterocycles. The van der Waals surface area contributed by atoms with Gasteiger partial charge in [0.25, 0.3) is 0 Å². The predicted molar refractivity (Wildman–Crippen MR) is 121 cm³/mol. The van der Waals surface area contributed by atoms with E-state index in [0.29, 0.717) is 18.4 Å². The summed E-state index contributed by atoms with van der Waals surface area (Å²) in [5.74, 6) is -1.93. The molecule has 6 atom stereocenters. The number of carboxylic acids is 1. The molecule has 1 unspecified atom stereocenters. The topological polar surface area (TPSA) is 152 Å². The van der Waals surface area contributed by atoms with E-state index < -0.39 is 48.6 Å². The van der Waals surface area contributed by atoms with Gasteiger partial charge in [-0.25, -0.2) is 0 Å². The molecular weight excluding hydrogens is 446 g/mol. The van der Waals surface area contributed by atoms with E-state index in [1.807, 2.05) is 13.0 Å². The smallest absolute Gasteiger partial charge is 0.306 e. The van der Waals surface area contributed by atoms with Crippen molar-refractivity contribution in [3.8, 4) is 0 Å². The van der Waals surface area contributed by atoms with E-state index in [1.165, 1.54) is 0 Å². The molecule has 1 aliphatic heterocycles. The Kier molecular flexibility index (Phi) is 11.4. The SMILES string of the molecule is CC1O[C@@H](O[C@H](C)CCCC(=O)O[C@@H](CNC(=O)CCC(=O)O)c2ccccc2)[C@@H](O)C[C@H]1O. The molecule has 10 nitrogen and oxygen atoms in total. The number of amides is 1. The summed E-state index contributed by atoms with van der Waals surface area (Å²) in [6.45, 7) is 3.57. The third kappa shape index (κ3) is 9.76. The van der Waals surface area contributed by atoms with Crippen LogP contribution in [0.1, 0.15) is 64.0 Å². The summed E-state index contributed by atoms with van der Waals surface area (Å²) in [5, 5.41) is 31.1. The second-order valence-corrected chi connectivity index (χ2v) is 8.51. The lowest BCUT2D eigenvalue weighted by atomic mass is 10.0. The van der Waals surface area contributed by atoms with Crippen molar-refractivity contribution in [3.05, 3.63) is 35.9 Å². The molecule has 0 bridgehead atoms. The summed E-state index contributed by atoms with van der Waals surface area (Å²) in [5.41, 5.74) is 0.714. The highest BCUT2D eigenvalue weighted by atomic mass is 16.7. The number of hydrogen-bond acceptors (Lipinski definition) is 8. The van der Waals surface area contributed by atoms with Crippen molar-refractivity contribution in [2.45, 2.75) is 89.2 Å². The molecule has 1 heterocycles. The first-order chi connectivity index (χ1) is 16.2. The lowest BCUT2D eigenvalue weighted by molar-refractivity contribution is -0.273. The molecule has 34 heavy (non-hydrogen) atoms. The minimum absolute atomic E-state index is 0.0364. The van der Waals surface area contributed by atoms with Gasteiger partial charge in [-0.05, 0) is 32.3 Å². The van der Waals surface area contributed by atoms with E-state index in [9.17, 15) is 24.6 Å². The minimum Gasteiger partial charge on any atom is -0.481 e. The maximum atomic E-state index is 12.4. The highest BCUT2D eigenvalue weighted by Crippen LogP contribution is 2.23. The van der Waals surface area contributed by atoms with Gasteiger partial charge in [-0.1, -0.05) is 30.3 Å². The van der Waals surface area contributed by atoms with Crippen molar-refractivity contribution < 1.29 is 43.9 Å². The Balaban J connectivity index is 1.78. The Bertz CT molecular complexity index is 788. The Hall–Kier alpha value is -2.53. The lowest BCUT2D eigenvalue weighted by Gasteiger charge is -2.36. The number of hydrogen-bond donors (Lipinski definition) is 4. The van der Waals surface area contributed by atoms with Crippen molar-refractivity contribution in [2.75, 3.05) is 6.54 Å². The summed E-state index contributed by atoms with van der Waals surface area (Å²) in [6, 6.07) is 8.98. The number of esters is 1. The molecule has 1 amide bonds. The average Bonchev–Trinajstić information content (AvgIpc) is 2.79. The molecule has 4 N–H and O–H groups in total. The van der Waals surface area contributed by atoms with Gasteiger partial charge in [0.1, 0.15) is 12.2 Å². The molecule has 1 saturated heterocycles. The molecule has 10 heteroatoms. The first-order valence-corrected chi connectivity index (χ1v) is 11.6. The molecule has 1 aliphatic rings. The largest absolute Gasteiger partial charge is 0.481 e. The maximum Gasteiger partial charge on any atom is 0.306 e. The van der Waals surface area contributed by atoms with Gasteiger partial charge in [0.15, 0.2) is 6.29 Å². The molecular formula is C24H35NO9. The lowest BCUT2D eigenvalue weighted by Crippen LogP contribution is -2.48. The van der Waals surface area contributed by atoms with Crippen molar-refractivity contribution in [1.82, 2.24) is 5.32 Å². The number of carbonyl (C=O) groups excluding carboxylic acids is 2. The number of aliphatic carboxylic acids is 1. The highest BCUT2D eigenvalue weighted by molar-refractivity contribution is 5.80. The number of nitrogens with one attached hydrogen (secondary N) is 1. The second kappa shape index (κ2) is 14.0. The van der Waals surface area contributed by atoms with E-state index in [2.05, 4.69) is 5.32 Å². The molecule has 0 aliphatic carbocycles. The first kappa shape index (κ1) is 27.7. The Morgan fingerprint density at radius 1 is 1.12 bits per heavy atom. The summed E-state index contributed by atoms with van der Waals surface area (Å²) >= 11 is 0. The number of benzene rings is 1. The van der Waals surface area contributed by atoms with Crippen LogP contribution >= 0.6 is 0 Å². The van der Waals surface area contributed by atoms with Gasteiger partial charge in [0.05, 0.1) is 31.3 Å². The standard InChI is InChI=1S/C24H35NO9/c1-15(32-24-19(27)13-18(26)16(2)33-24)7-6-10-23(31)34-20(17-8-4-3-5-9-17)14-25-21(28)11-12-22(29)30/h3-5,8-9,15-16,18-20,24,26-27H,6-7,10-14H2,1-2H3,(H,25,28)(H,29,30)/t15-,16?,18-,19+,20+,24-/m1/s1. The van der Waals surface area contributed by atoms with Crippen LogP contribution in [0.15, 0.2) is 30.3 Å². The fourth-order valence-corrected chi connectivity index (χ4v) is 3.52. The van der Waals surface area contributed by atoms with Crippen molar-refractivity contribution in [1.29, 1.82) is 0 Å². The van der Waals surface area contributed by atoms with Crippen LogP contribution in [0.25, 0.3) is 0 Å². The minimum atomic E-state index is -1.06. The summed E-state index contributed by atoms with van der Waals surface area (Å²) < 4.78 is 16.8. The van der Waals surface area contributed by atoms with E-state index in [1.54, 1.807) is 31.2 Å². The third-order valence-corrected chi connectivity index (χ3v) is 5.54. The molecule has 1 aromatic rings. The van der Waals surface area contributed by atoms with E-state index >= 15 is 0 Å². The Morgan fingerprint density at radius 3 is 2.50 bits per heavy atom. The van der Waals surface area contributed by atoms with Crippen LogP contribution < -0.4 is 5.32 Å². The normalized spacial score (nSPS) is 24.1. The third-order valence-electron chi connectivity index (χ3n) is 5.54. The quantitative estimate of drug-likeness (QED) is 0.308. The molecule has 1 aromatic carbocycles. The van der Waals surface area contributed by atoms with Gasteiger partial charge in [0, 0.05) is 19.3 Å². The zero-order chi connectivity index (χ0) is 25.1. The Morgan fingerprint density at radius 2 is 1.82 bits per heavy atom. The monoisotopic (exact) mass is 481 g/mol. The van der Waals surface area contributed by atoms with Gasteiger partial charge in [0.2, 0.25) is 5.91 Å². The van der Waals surface area contributed by atoms with E-state index in [-0.39, 0.29) is 38.3 Å². The zero-order valence-electron chi connectivity index (χ0n) is 19.6. The Labute approximate surface area is 199 Å². The molecule has 190 valence electrons. The van der Waals surface area contributed by atoms with Gasteiger partial charge in [-0.15, -0.1) is 0 Å². The maximum absolute atomic E-state index is 12.4. The molecule has 2 rings (SSSR count). The van der Waals surface area contributed by atoms with Crippen molar-refractivity contribution in [2.24, 2.45) is 0 Å². The van der Waals surface area contributed by atoms with Crippen LogP contribution in [0.4, 0.5) is 0 Å². The number of rotatable bonds is 13. The molecule has 1 fully saturated rings. The van der Waals surface area contributed by atoms with Gasteiger partial charge in [-0.3, -0.25) is 14.4 Å². The number of ether oxygens (including phenoxy) is 3. The number of aliphatic hydroxyl groups is 2. The van der Waals surface area contributed by atoms with Crippen LogP contribution in [0.5, 0.6) is 0 Å². The van der Waals surface area contributed by atoms with Crippen molar-refractivity contribution in [3.63, 3.8) is 0 Å². The van der Waals surface area contributed by atoms with Gasteiger partial charge < -0.3 is 34.8 Å². The van der Waals surface area contributed by atoms with Crippen molar-refractivity contribution >= 4 is 17.8 Å². The fourth-order valence-electron chi connectivity index (χ4n) is 3.52. The van der Waals surface area contributed by atoms with E-state index in [0.717, 1.165) is 0 Å². The van der Waals surface area contributed by atoms with Crippen LogP contribution in [-0.2, 0) is 28.6 Å². The number of aliphatic hydroxyl groups excluding tert-OH is 2. The van der Waals surface area contributed by atoms with Gasteiger partial charge >= 0.3 is 11.9 Å². The average molecular weight is 482 g/mol. The number of carboxylic acid groups (broad SMARTS) is 1. The van der Waals surface area contributed by atoms with Gasteiger partial charge in [-0.2, -0.15) is 0 Å². The van der Waals surface area contributed by atoms with Crippen LogP contribution in [-0.4, -0.2) is 70.4 Å². The summed E-state index contributed by atoms with van der Waals surface area (Å²) in [7, 11) is 0.